The van der Waals surface area contributed by atoms with Crippen LogP contribution in [0.1, 0.15) is 46.5 Å². The van der Waals surface area contributed by atoms with Gasteiger partial charge in [-0.15, -0.1) is 0 Å². The minimum Gasteiger partial charge on any atom is -0.378 e. The Morgan fingerprint density at radius 1 is 1.41 bits per heavy atom. The second kappa shape index (κ2) is 5.94. The van der Waals surface area contributed by atoms with Gasteiger partial charge in [-0.3, -0.25) is 0 Å². The molecule has 0 aromatic rings. The van der Waals surface area contributed by atoms with Gasteiger partial charge in [-0.25, -0.2) is 0 Å². The lowest BCUT2D eigenvalue weighted by Gasteiger charge is -2.61. The van der Waals surface area contributed by atoms with Crippen LogP contribution < -0.4 is 5.32 Å². The molecule has 100 valence electrons. The molecule has 2 saturated carbocycles. The molecule has 17 heavy (non-hydrogen) atoms. The fraction of sp³-hybridized carbons (Fsp3) is 1.00. The maximum Gasteiger partial charge on any atom is 0.0661 e. The van der Waals surface area contributed by atoms with Gasteiger partial charge < -0.3 is 10.1 Å². The van der Waals surface area contributed by atoms with Crippen LogP contribution in [-0.2, 0) is 4.74 Å². The topological polar surface area (TPSA) is 21.3 Å². The maximum absolute atomic E-state index is 5.88. The normalized spacial score (nSPS) is 31.9. The summed E-state index contributed by atoms with van der Waals surface area (Å²) in [6.07, 6.45) is 5.94. The van der Waals surface area contributed by atoms with Gasteiger partial charge in [-0.05, 0) is 38.9 Å². The highest BCUT2D eigenvalue weighted by Crippen LogP contribution is 2.57. The highest BCUT2D eigenvalue weighted by Gasteiger charge is 2.58. The highest BCUT2D eigenvalue weighted by molar-refractivity contribution is 7.99. The lowest BCUT2D eigenvalue weighted by atomic mass is 9.51. The number of ether oxygens (including phenoxy) is 1. The summed E-state index contributed by atoms with van der Waals surface area (Å²) in [4.78, 5) is 0. The molecule has 0 amide bonds. The van der Waals surface area contributed by atoms with Gasteiger partial charge in [0.15, 0.2) is 0 Å². The number of nitrogens with one attached hydrogen (secondary N) is 1. The monoisotopic (exact) mass is 257 g/mol. The van der Waals surface area contributed by atoms with E-state index in [0.29, 0.717) is 17.6 Å². The van der Waals surface area contributed by atoms with Crippen molar-refractivity contribution in [1.82, 2.24) is 5.32 Å². The average Bonchev–Trinajstić information content (AvgIpc) is 2.22. The van der Waals surface area contributed by atoms with Crippen LogP contribution in [0.2, 0.25) is 0 Å². The van der Waals surface area contributed by atoms with Gasteiger partial charge in [-0.2, -0.15) is 11.8 Å². The van der Waals surface area contributed by atoms with Gasteiger partial charge in [0, 0.05) is 29.9 Å². The molecule has 3 atom stereocenters. The lowest BCUT2D eigenvalue weighted by molar-refractivity contribution is -0.174. The zero-order chi connectivity index (χ0) is 12.3. The summed E-state index contributed by atoms with van der Waals surface area (Å²) >= 11 is 2.04. The predicted molar refractivity (Wildman–Crippen MR) is 75.7 cm³/mol. The van der Waals surface area contributed by atoms with Crippen molar-refractivity contribution in [3.63, 3.8) is 0 Å². The third kappa shape index (κ3) is 2.66. The molecule has 0 aliphatic heterocycles. The highest BCUT2D eigenvalue weighted by atomic mass is 32.2. The van der Waals surface area contributed by atoms with Crippen molar-refractivity contribution in [2.45, 2.75) is 64.6 Å². The summed E-state index contributed by atoms with van der Waals surface area (Å²) in [5.74, 6) is 2.46. The van der Waals surface area contributed by atoms with Crippen molar-refractivity contribution in [2.75, 3.05) is 18.1 Å². The molecule has 0 saturated heterocycles. The first kappa shape index (κ1) is 13.7. The Hall–Kier alpha value is 0.270. The Morgan fingerprint density at radius 3 is 2.71 bits per heavy atom. The van der Waals surface area contributed by atoms with Gasteiger partial charge in [-0.1, -0.05) is 13.3 Å². The van der Waals surface area contributed by atoms with Crippen LogP contribution in [0.15, 0.2) is 0 Å². The molecule has 2 rings (SSSR count). The first-order valence-corrected chi connectivity index (χ1v) is 8.33. The molecule has 0 heterocycles. The van der Waals surface area contributed by atoms with Crippen LogP contribution >= 0.6 is 11.8 Å². The number of hydrogen-bond acceptors (Lipinski definition) is 3. The van der Waals surface area contributed by atoms with Crippen LogP contribution in [-0.4, -0.2) is 36.3 Å². The van der Waals surface area contributed by atoms with Crippen LogP contribution in [0.25, 0.3) is 0 Å². The molecule has 0 aromatic carbocycles. The molecule has 2 fully saturated rings. The van der Waals surface area contributed by atoms with Gasteiger partial charge in [0.2, 0.25) is 0 Å². The molecular formula is C14H27NOS. The van der Waals surface area contributed by atoms with Crippen molar-refractivity contribution in [3.8, 4) is 0 Å². The summed E-state index contributed by atoms with van der Waals surface area (Å²) < 4.78 is 5.88. The second-order valence-electron chi connectivity index (χ2n) is 5.55. The van der Waals surface area contributed by atoms with E-state index in [1.165, 1.54) is 37.2 Å². The van der Waals surface area contributed by atoms with E-state index in [2.05, 4.69) is 26.1 Å². The first-order chi connectivity index (χ1) is 8.23. The van der Waals surface area contributed by atoms with E-state index >= 15 is 0 Å². The fourth-order valence-electron chi connectivity index (χ4n) is 3.36. The van der Waals surface area contributed by atoms with E-state index in [1.54, 1.807) is 0 Å². The average molecular weight is 257 g/mol. The third-order valence-corrected chi connectivity index (χ3v) is 5.64. The van der Waals surface area contributed by atoms with Crippen molar-refractivity contribution in [2.24, 2.45) is 5.41 Å². The molecule has 0 aromatic heterocycles. The van der Waals surface area contributed by atoms with Gasteiger partial charge >= 0.3 is 0 Å². The Bertz CT molecular complexity index is 242. The van der Waals surface area contributed by atoms with Crippen molar-refractivity contribution in [3.05, 3.63) is 0 Å². The molecule has 1 N–H and O–H groups in total. The van der Waals surface area contributed by atoms with E-state index in [1.807, 2.05) is 11.8 Å². The van der Waals surface area contributed by atoms with E-state index in [0.717, 1.165) is 12.6 Å². The van der Waals surface area contributed by atoms with Crippen LogP contribution in [0.4, 0.5) is 0 Å². The zero-order valence-electron chi connectivity index (χ0n) is 11.5. The van der Waals surface area contributed by atoms with Crippen LogP contribution in [0, 0.1) is 5.41 Å². The quantitative estimate of drug-likeness (QED) is 0.757. The second-order valence-corrected chi connectivity index (χ2v) is 6.87. The molecule has 0 radical (unpaired) electrons. The standard InChI is InChI=1S/C14H27NOS/c1-4-16-13-9-12(14(13)7-6-8-14)15-11(3)10-17-5-2/h11-13,15H,4-10H2,1-3H3. The Balaban J connectivity index is 1.78. The fourth-order valence-corrected chi connectivity index (χ4v) is 4.04. The van der Waals surface area contributed by atoms with Crippen molar-refractivity contribution in [1.29, 1.82) is 0 Å². The van der Waals surface area contributed by atoms with Crippen molar-refractivity contribution >= 4 is 11.8 Å². The number of rotatable bonds is 7. The predicted octanol–water partition coefficient (Wildman–Crippen LogP) is 3.07. The van der Waals surface area contributed by atoms with E-state index in [-0.39, 0.29) is 0 Å². The number of hydrogen-bond donors (Lipinski definition) is 1. The summed E-state index contributed by atoms with van der Waals surface area (Å²) in [5, 5.41) is 3.83. The van der Waals surface area contributed by atoms with E-state index in [9.17, 15) is 0 Å². The molecule has 2 nitrogen and oxygen atoms in total. The van der Waals surface area contributed by atoms with Crippen LogP contribution in [0.3, 0.4) is 0 Å². The summed E-state index contributed by atoms with van der Waals surface area (Å²) in [7, 11) is 0. The van der Waals surface area contributed by atoms with E-state index in [4.69, 9.17) is 4.74 Å². The Labute approximate surface area is 110 Å². The summed E-state index contributed by atoms with van der Waals surface area (Å²) in [6.45, 7) is 7.55. The minimum atomic E-state index is 0.515. The Kier molecular flexibility index (Phi) is 4.79. The lowest BCUT2D eigenvalue weighted by Crippen LogP contribution is -2.68. The summed E-state index contributed by atoms with van der Waals surface area (Å²) in [5.41, 5.74) is 0.515. The Morgan fingerprint density at radius 2 is 2.18 bits per heavy atom. The van der Waals surface area contributed by atoms with Gasteiger partial charge in [0.1, 0.15) is 0 Å². The van der Waals surface area contributed by atoms with Gasteiger partial charge in [0.05, 0.1) is 6.10 Å². The first-order valence-electron chi connectivity index (χ1n) is 7.18. The molecule has 1 spiro atoms. The van der Waals surface area contributed by atoms with E-state index < -0.39 is 0 Å². The zero-order valence-corrected chi connectivity index (χ0v) is 12.3. The molecular weight excluding hydrogens is 230 g/mol. The molecule has 2 aliphatic carbocycles. The molecule has 2 aliphatic rings. The van der Waals surface area contributed by atoms with Gasteiger partial charge in [0.25, 0.3) is 0 Å². The van der Waals surface area contributed by atoms with Crippen molar-refractivity contribution < 1.29 is 4.74 Å². The maximum atomic E-state index is 5.88. The third-order valence-electron chi connectivity index (χ3n) is 4.49. The van der Waals surface area contributed by atoms with Crippen LogP contribution in [0.5, 0.6) is 0 Å². The minimum absolute atomic E-state index is 0.515. The SMILES string of the molecule is CCOC1CC(NC(C)CSCC)C12CCC2. The largest absolute Gasteiger partial charge is 0.378 e. The number of thioether (sulfide) groups is 1. The molecule has 0 bridgehead atoms. The summed E-state index contributed by atoms with van der Waals surface area (Å²) in [6, 6.07) is 1.37. The smallest absolute Gasteiger partial charge is 0.0661 e. The molecule has 3 unspecified atom stereocenters. The molecule has 3 heteroatoms.